The summed E-state index contributed by atoms with van der Waals surface area (Å²) in [7, 11) is 1.58. The first-order chi connectivity index (χ1) is 20.0. The summed E-state index contributed by atoms with van der Waals surface area (Å²) in [5.41, 5.74) is 0. The lowest BCUT2D eigenvalue weighted by atomic mass is 10.0. The number of aliphatic hydroxyl groups is 1. The molecule has 42 heavy (non-hydrogen) atoms. The first kappa shape index (κ1) is 40.7. The lowest BCUT2D eigenvalue weighted by Gasteiger charge is -2.26. The van der Waals surface area contributed by atoms with Crippen molar-refractivity contribution >= 4 is 13.7 Å². The lowest BCUT2D eigenvalue weighted by Crippen LogP contribution is -2.46. The number of likely N-dealkylation sites (N-methyl/N-ethyl adjacent to an activating group) is 1. The third-order valence-electron chi connectivity index (χ3n) is 6.90. The van der Waals surface area contributed by atoms with E-state index >= 15 is 0 Å². The summed E-state index contributed by atoms with van der Waals surface area (Å²) >= 11 is 0. The second-order valence-electron chi connectivity index (χ2n) is 12.2. The lowest BCUT2D eigenvalue weighted by molar-refractivity contribution is -0.870. The molecule has 0 radical (unpaired) electrons. The van der Waals surface area contributed by atoms with E-state index in [9.17, 15) is 19.4 Å². The number of unbranched alkanes of at least 4 members (excludes halogenated alkanes) is 9. The number of phosphoric ester groups is 1. The molecule has 8 nitrogen and oxygen atoms in total. The predicted octanol–water partition coefficient (Wildman–Crippen LogP) is 7.62. The molecule has 9 heteroatoms. The number of carbonyl (C=O) groups is 1. The van der Waals surface area contributed by atoms with Gasteiger partial charge in [0.05, 0.1) is 39.9 Å². The molecule has 0 heterocycles. The minimum absolute atomic E-state index is 0.0669. The summed E-state index contributed by atoms with van der Waals surface area (Å²) < 4.78 is 23.3. The van der Waals surface area contributed by atoms with E-state index in [2.05, 4.69) is 55.6 Å². The van der Waals surface area contributed by atoms with Crippen molar-refractivity contribution in [3.63, 3.8) is 0 Å². The standard InChI is InChI=1S/C33H63N2O6P/c1-6-8-10-12-14-15-16-17-18-19-21-23-25-27-33(37)34-31(32(36)26-24-22-20-13-11-9-7-2)30-41-42(38,39)40-29-28-35(3,4)5/h8,10,14-15,17-18,31-32,36H,6-7,9,11-13,16,19-30H2,1-5H3,(H-,34,37,38,39)/p+1/b10-8-,15-14-,18-17-. The van der Waals surface area contributed by atoms with Gasteiger partial charge in [0, 0.05) is 6.42 Å². The van der Waals surface area contributed by atoms with Crippen molar-refractivity contribution < 1.29 is 32.9 Å². The molecule has 0 bridgehead atoms. The van der Waals surface area contributed by atoms with Crippen LogP contribution >= 0.6 is 7.82 Å². The third-order valence-corrected chi connectivity index (χ3v) is 7.89. The van der Waals surface area contributed by atoms with Gasteiger partial charge in [-0.05, 0) is 44.9 Å². The number of amides is 1. The van der Waals surface area contributed by atoms with Gasteiger partial charge in [0.15, 0.2) is 0 Å². The van der Waals surface area contributed by atoms with Crippen molar-refractivity contribution in [2.45, 2.75) is 129 Å². The van der Waals surface area contributed by atoms with E-state index in [-0.39, 0.29) is 19.1 Å². The van der Waals surface area contributed by atoms with Crippen LogP contribution in [-0.4, -0.2) is 73.4 Å². The maximum absolute atomic E-state index is 12.7. The smallest absolute Gasteiger partial charge is 0.391 e. The monoisotopic (exact) mass is 615 g/mol. The normalized spacial score (nSPS) is 15.5. The van der Waals surface area contributed by atoms with Gasteiger partial charge in [-0.2, -0.15) is 0 Å². The number of carbonyl (C=O) groups excluding carboxylic acids is 1. The van der Waals surface area contributed by atoms with Crippen LogP contribution in [-0.2, 0) is 18.4 Å². The minimum atomic E-state index is -4.30. The van der Waals surface area contributed by atoms with Crippen molar-refractivity contribution in [3.05, 3.63) is 36.5 Å². The minimum Gasteiger partial charge on any atom is -0.391 e. The highest BCUT2D eigenvalue weighted by Gasteiger charge is 2.28. The average molecular weight is 616 g/mol. The molecule has 3 N–H and O–H groups in total. The molecule has 0 saturated carbocycles. The van der Waals surface area contributed by atoms with Gasteiger partial charge in [-0.25, -0.2) is 4.57 Å². The number of phosphoric acid groups is 1. The van der Waals surface area contributed by atoms with E-state index < -0.39 is 20.0 Å². The van der Waals surface area contributed by atoms with Crippen LogP contribution in [0, 0.1) is 0 Å². The Bertz CT molecular complexity index is 794. The molecular formula is C33H64N2O6P+. The molecule has 0 saturated heterocycles. The van der Waals surface area contributed by atoms with E-state index in [4.69, 9.17) is 9.05 Å². The quantitative estimate of drug-likeness (QED) is 0.0362. The number of aliphatic hydroxyl groups excluding tert-OH is 1. The predicted molar refractivity (Wildman–Crippen MR) is 175 cm³/mol. The maximum atomic E-state index is 12.7. The number of allylic oxidation sites excluding steroid dienone is 6. The van der Waals surface area contributed by atoms with Gasteiger partial charge >= 0.3 is 7.82 Å². The van der Waals surface area contributed by atoms with Crippen molar-refractivity contribution in [2.75, 3.05) is 40.9 Å². The molecule has 0 aliphatic carbocycles. The van der Waals surface area contributed by atoms with Crippen LogP contribution in [0.5, 0.6) is 0 Å². The Hall–Kier alpha value is -1.28. The Balaban J connectivity index is 4.57. The molecule has 0 spiro atoms. The van der Waals surface area contributed by atoms with Gasteiger partial charge < -0.3 is 19.8 Å². The fraction of sp³-hybridized carbons (Fsp3) is 0.788. The number of rotatable bonds is 28. The zero-order valence-electron chi connectivity index (χ0n) is 27.5. The zero-order valence-corrected chi connectivity index (χ0v) is 28.4. The molecule has 0 aromatic heterocycles. The molecule has 0 fully saturated rings. The fourth-order valence-corrected chi connectivity index (χ4v) is 4.97. The first-order valence-corrected chi connectivity index (χ1v) is 17.8. The molecule has 0 aliphatic heterocycles. The number of hydrogen-bond acceptors (Lipinski definition) is 5. The Morgan fingerprint density at radius 1 is 0.833 bits per heavy atom. The van der Waals surface area contributed by atoms with Gasteiger partial charge in [0.25, 0.3) is 0 Å². The van der Waals surface area contributed by atoms with Crippen LogP contribution in [0.25, 0.3) is 0 Å². The van der Waals surface area contributed by atoms with Crippen LogP contribution in [0.3, 0.4) is 0 Å². The molecule has 0 rings (SSSR count). The summed E-state index contributed by atoms with van der Waals surface area (Å²) in [5, 5.41) is 13.7. The van der Waals surface area contributed by atoms with Crippen molar-refractivity contribution in [1.82, 2.24) is 5.32 Å². The number of nitrogens with one attached hydrogen (secondary N) is 1. The molecule has 0 aromatic carbocycles. The largest absolute Gasteiger partial charge is 0.472 e. The van der Waals surface area contributed by atoms with E-state index in [1.165, 1.54) is 25.7 Å². The highest BCUT2D eigenvalue weighted by molar-refractivity contribution is 7.47. The van der Waals surface area contributed by atoms with Crippen LogP contribution in [0.2, 0.25) is 0 Å². The van der Waals surface area contributed by atoms with Crippen LogP contribution in [0.4, 0.5) is 0 Å². The topological polar surface area (TPSA) is 105 Å². The van der Waals surface area contributed by atoms with Gasteiger partial charge in [-0.15, -0.1) is 0 Å². The summed E-state index contributed by atoms with van der Waals surface area (Å²) in [5.74, 6) is -0.182. The summed E-state index contributed by atoms with van der Waals surface area (Å²) in [6, 6.07) is -0.770. The number of nitrogens with zero attached hydrogens (tertiary/aromatic N) is 1. The van der Waals surface area contributed by atoms with E-state index in [0.29, 0.717) is 23.9 Å². The van der Waals surface area contributed by atoms with Gasteiger partial charge in [0.1, 0.15) is 13.2 Å². The SMILES string of the molecule is CC/C=C\C/C=C\C/C=C\CCCCCC(=O)NC(COP(=O)(O)OCC[N+](C)(C)C)C(O)CCCCCCCCC. The fourth-order valence-electron chi connectivity index (χ4n) is 4.23. The van der Waals surface area contributed by atoms with Gasteiger partial charge in [-0.1, -0.05) is 102 Å². The second kappa shape index (κ2) is 26.2. The van der Waals surface area contributed by atoms with Crippen molar-refractivity contribution in [2.24, 2.45) is 0 Å². The zero-order chi connectivity index (χ0) is 31.5. The van der Waals surface area contributed by atoms with Crippen LogP contribution in [0.15, 0.2) is 36.5 Å². The summed E-state index contributed by atoms with van der Waals surface area (Å²) in [4.78, 5) is 22.8. The molecule has 0 aliphatic rings. The summed E-state index contributed by atoms with van der Waals surface area (Å²) in [6.07, 6.45) is 27.6. The van der Waals surface area contributed by atoms with Gasteiger partial charge in [0.2, 0.25) is 5.91 Å². The average Bonchev–Trinajstić information content (AvgIpc) is 2.92. The molecule has 246 valence electrons. The molecule has 1 amide bonds. The molecule has 3 unspecified atom stereocenters. The summed E-state index contributed by atoms with van der Waals surface area (Å²) in [6.45, 7) is 4.65. The second-order valence-corrected chi connectivity index (χ2v) is 13.6. The highest BCUT2D eigenvalue weighted by Crippen LogP contribution is 2.43. The molecule has 3 atom stereocenters. The van der Waals surface area contributed by atoms with Crippen molar-refractivity contribution in [3.8, 4) is 0 Å². The van der Waals surface area contributed by atoms with Crippen molar-refractivity contribution in [1.29, 1.82) is 0 Å². The van der Waals surface area contributed by atoms with E-state index in [1.807, 2.05) is 21.1 Å². The first-order valence-electron chi connectivity index (χ1n) is 16.4. The number of hydrogen-bond donors (Lipinski definition) is 3. The number of quaternary nitrogens is 1. The highest BCUT2D eigenvalue weighted by atomic mass is 31.2. The van der Waals surface area contributed by atoms with E-state index in [0.717, 1.165) is 64.2 Å². The van der Waals surface area contributed by atoms with Crippen LogP contribution in [0.1, 0.15) is 117 Å². The third kappa shape index (κ3) is 27.5. The molecular weight excluding hydrogens is 551 g/mol. The Morgan fingerprint density at radius 2 is 1.43 bits per heavy atom. The Kier molecular flexibility index (Phi) is 25.4. The maximum Gasteiger partial charge on any atom is 0.472 e. The van der Waals surface area contributed by atoms with Gasteiger partial charge in [-0.3, -0.25) is 13.8 Å². The Morgan fingerprint density at radius 3 is 2.07 bits per heavy atom. The van der Waals surface area contributed by atoms with E-state index in [1.54, 1.807) is 0 Å². The molecule has 0 aromatic rings. The Labute approximate surface area is 257 Å². The van der Waals surface area contributed by atoms with Crippen LogP contribution < -0.4 is 5.32 Å².